The maximum atomic E-state index is 12.0. The summed E-state index contributed by atoms with van der Waals surface area (Å²) in [5.74, 6) is -0.207. The van der Waals surface area contributed by atoms with Crippen molar-refractivity contribution in [2.75, 3.05) is 5.32 Å². The number of nitrogens with zero attached hydrogens (tertiary/aromatic N) is 3. The highest BCUT2D eigenvalue weighted by Gasteiger charge is 2.18. The van der Waals surface area contributed by atoms with Crippen LogP contribution < -0.4 is 11.1 Å². The van der Waals surface area contributed by atoms with E-state index >= 15 is 0 Å². The molecule has 6 nitrogen and oxygen atoms in total. The SMILES string of the molecule is Cc1ccc(NC(=O)Cn2cc(C(C)(C)N)nn2)cc1Cl. The van der Waals surface area contributed by atoms with Crippen molar-refractivity contribution in [3.05, 3.63) is 40.7 Å². The Balaban J connectivity index is 2.01. The highest BCUT2D eigenvalue weighted by molar-refractivity contribution is 6.31. The van der Waals surface area contributed by atoms with Crippen molar-refractivity contribution in [1.82, 2.24) is 15.0 Å². The number of hydrogen-bond donors (Lipinski definition) is 2. The smallest absolute Gasteiger partial charge is 0.246 e. The normalized spacial score (nSPS) is 11.5. The Morgan fingerprint density at radius 1 is 1.48 bits per heavy atom. The molecule has 0 saturated carbocycles. The third-order valence-electron chi connectivity index (χ3n) is 2.96. The number of nitrogens with two attached hydrogens (primary N) is 1. The molecule has 0 saturated heterocycles. The van der Waals surface area contributed by atoms with Crippen molar-refractivity contribution in [2.24, 2.45) is 5.73 Å². The minimum Gasteiger partial charge on any atom is -0.324 e. The van der Waals surface area contributed by atoms with Gasteiger partial charge in [0, 0.05) is 10.7 Å². The van der Waals surface area contributed by atoms with Crippen LogP contribution in [0.3, 0.4) is 0 Å². The number of carbonyl (C=O) groups is 1. The van der Waals surface area contributed by atoms with E-state index in [4.69, 9.17) is 17.3 Å². The van der Waals surface area contributed by atoms with E-state index in [1.165, 1.54) is 4.68 Å². The summed E-state index contributed by atoms with van der Waals surface area (Å²) >= 11 is 6.02. The number of rotatable bonds is 4. The highest BCUT2D eigenvalue weighted by Crippen LogP contribution is 2.20. The fourth-order valence-electron chi connectivity index (χ4n) is 1.69. The van der Waals surface area contributed by atoms with Gasteiger partial charge in [-0.25, -0.2) is 4.68 Å². The lowest BCUT2D eigenvalue weighted by Crippen LogP contribution is -2.29. The number of nitrogens with one attached hydrogen (secondary N) is 1. The molecule has 0 atom stereocenters. The number of anilines is 1. The molecular formula is C14H18ClN5O. The van der Waals surface area contributed by atoms with Gasteiger partial charge in [0.15, 0.2) is 0 Å². The second-order valence-electron chi connectivity index (χ2n) is 5.54. The zero-order chi connectivity index (χ0) is 15.6. The lowest BCUT2D eigenvalue weighted by Gasteiger charge is -2.13. The van der Waals surface area contributed by atoms with Gasteiger partial charge in [-0.15, -0.1) is 5.10 Å². The van der Waals surface area contributed by atoms with Crippen LogP contribution in [0, 0.1) is 6.92 Å². The summed E-state index contributed by atoms with van der Waals surface area (Å²) in [6.07, 6.45) is 1.67. The number of aryl methyl sites for hydroxylation is 1. The number of amides is 1. The standard InChI is InChI=1S/C14H18ClN5O/c1-9-4-5-10(6-11(9)15)17-13(21)8-20-7-12(18-19-20)14(2,3)16/h4-7H,8,16H2,1-3H3,(H,17,21). The molecule has 112 valence electrons. The van der Waals surface area contributed by atoms with E-state index in [1.807, 2.05) is 26.8 Å². The van der Waals surface area contributed by atoms with Crippen molar-refractivity contribution in [3.8, 4) is 0 Å². The van der Waals surface area contributed by atoms with Gasteiger partial charge in [-0.3, -0.25) is 4.79 Å². The molecule has 1 heterocycles. The van der Waals surface area contributed by atoms with Crippen LogP contribution in [0.2, 0.25) is 5.02 Å². The first-order chi connectivity index (χ1) is 9.75. The van der Waals surface area contributed by atoms with E-state index in [0.717, 1.165) is 5.56 Å². The molecule has 2 rings (SSSR count). The monoisotopic (exact) mass is 307 g/mol. The van der Waals surface area contributed by atoms with Crippen LogP contribution in [0.15, 0.2) is 24.4 Å². The maximum absolute atomic E-state index is 12.0. The second-order valence-corrected chi connectivity index (χ2v) is 5.94. The van der Waals surface area contributed by atoms with Gasteiger partial charge in [-0.05, 0) is 38.5 Å². The van der Waals surface area contributed by atoms with Crippen LogP contribution in [-0.4, -0.2) is 20.9 Å². The third-order valence-corrected chi connectivity index (χ3v) is 3.37. The summed E-state index contributed by atoms with van der Waals surface area (Å²) < 4.78 is 1.45. The van der Waals surface area contributed by atoms with Crippen LogP contribution in [0.25, 0.3) is 0 Å². The molecule has 21 heavy (non-hydrogen) atoms. The maximum Gasteiger partial charge on any atom is 0.246 e. The molecule has 0 aliphatic rings. The Hall–Kier alpha value is -1.92. The van der Waals surface area contributed by atoms with Crippen molar-refractivity contribution >= 4 is 23.2 Å². The molecule has 7 heteroatoms. The quantitative estimate of drug-likeness (QED) is 0.905. The summed E-state index contributed by atoms with van der Waals surface area (Å²) in [6, 6.07) is 5.36. The molecule has 0 aliphatic carbocycles. The molecular weight excluding hydrogens is 290 g/mol. The van der Waals surface area contributed by atoms with Crippen LogP contribution in [0.4, 0.5) is 5.69 Å². The molecule has 0 fully saturated rings. The predicted octanol–water partition coefficient (Wildman–Crippen LogP) is 2.07. The molecule has 0 bridgehead atoms. The van der Waals surface area contributed by atoms with Crippen LogP contribution in [0.1, 0.15) is 25.1 Å². The molecule has 1 aromatic heterocycles. The fraction of sp³-hybridized carbons (Fsp3) is 0.357. The molecule has 1 aromatic carbocycles. The van der Waals surface area contributed by atoms with Gasteiger partial charge in [0.1, 0.15) is 12.2 Å². The van der Waals surface area contributed by atoms with E-state index in [0.29, 0.717) is 16.4 Å². The van der Waals surface area contributed by atoms with E-state index in [2.05, 4.69) is 15.6 Å². The van der Waals surface area contributed by atoms with Crippen LogP contribution in [0.5, 0.6) is 0 Å². The van der Waals surface area contributed by atoms with Crippen LogP contribution in [-0.2, 0) is 16.9 Å². The average molecular weight is 308 g/mol. The van der Waals surface area contributed by atoms with E-state index < -0.39 is 5.54 Å². The average Bonchev–Trinajstić information content (AvgIpc) is 2.82. The Bertz CT molecular complexity index is 660. The van der Waals surface area contributed by atoms with E-state index in [-0.39, 0.29) is 12.5 Å². The van der Waals surface area contributed by atoms with Crippen molar-refractivity contribution in [2.45, 2.75) is 32.9 Å². The number of benzene rings is 1. The number of halogens is 1. The minimum absolute atomic E-state index is 0.0641. The second kappa shape index (κ2) is 5.83. The van der Waals surface area contributed by atoms with Crippen molar-refractivity contribution in [3.63, 3.8) is 0 Å². The van der Waals surface area contributed by atoms with Gasteiger partial charge >= 0.3 is 0 Å². The van der Waals surface area contributed by atoms with Crippen molar-refractivity contribution in [1.29, 1.82) is 0 Å². The molecule has 1 amide bonds. The summed E-state index contributed by atoms with van der Waals surface area (Å²) in [6.45, 7) is 5.62. The molecule has 3 N–H and O–H groups in total. The Morgan fingerprint density at radius 2 is 2.19 bits per heavy atom. The topological polar surface area (TPSA) is 85.8 Å². The highest BCUT2D eigenvalue weighted by atomic mass is 35.5. The summed E-state index contributed by atoms with van der Waals surface area (Å²) in [7, 11) is 0. The van der Waals surface area contributed by atoms with Crippen LogP contribution >= 0.6 is 11.6 Å². The summed E-state index contributed by atoms with van der Waals surface area (Å²) in [5, 5.41) is 11.2. The van der Waals surface area contributed by atoms with Crippen molar-refractivity contribution < 1.29 is 4.79 Å². The Kier molecular flexibility index (Phi) is 4.29. The molecule has 0 spiro atoms. The first kappa shape index (κ1) is 15.5. The van der Waals surface area contributed by atoms with Gasteiger partial charge in [-0.1, -0.05) is 22.9 Å². The van der Waals surface area contributed by atoms with Gasteiger partial charge in [0.2, 0.25) is 5.91 Å². The minimum atomic E-state index is -0.584. The first-order valence-corrected chi connectivity index (χ1v) is 6.89. The lowest BCUT2D eigenvalue weighted by molar-refractivity contribution is -0.116. The molecule has 2 aromatic rings. The number of aromatic nitrogens is 3. The zero-order valence-corrected chi connectivity index (χ0v) is 13.0. The molecule has 0 unspecified atom stereocenters. The number of carbonyl (C=O) groups excluding carboxylic acids is 1. The Morgan fingerprint density at radius 3 is 2.76 bits per heavy atom. The van der Waals surface area contributed by atoms with E-state index in [9.17, 15) is 4.79 Å². The summed E-state index contributed by atoms with van der Waals surface area (Å²) in [4.78, 5) is 12.0. The van der Waals surface area contributed by atoms with Gasteiger partial charge in [0.05, 0.1) is 11.7 Å². The van der Waals surface area contributed by atoms with Gasteiger partial charge in [-0.2, -0.15) is 0 Å². The lowest BCUT2D eigenvalue weighted by atomic mass is 10.0. The third kappa shape index (κ3) is 4.03. The molecule has 0 radical (unpaired) electrons. The summed E-state index contributed by atoms with van der Waals surface area (Å²) in [5.41, 5.74) is 7.58. The fourth-order valence-corrected chi connectivity index (χ4v) is 1.87. The number of hydrogen-bond acceptors (Lipinski definition) is 4. The Labute approximate surface area is 128 Å². The van der Waals surface area contributed by atoms with Gasteiger partial charge < -0.3 is 11.1 Å². The zero-order valence-electron chi connectivity index (χ0n) is 12.2. The first-order valence-electron chi connectivity index (χ1n) is 6.51. The van der Waals surface area contributed by atoms with E-state index in [1.54, 1.807) is 18.3 Å². The molecule has 0 aliphatic heterocycles. The van der Waals surface area contributed by atoms with Gasteiger partial charge in [0.25, 0.3) is 0 Å². The largest absolute Gasteiger partial charge is 0.324 e. The predicted molar refractivity (Wildman–Crippen MR) is 82.1 cm³/mol.